The highest BCUT2D eigenvalue weighted by Crippen LogP contribution is 2.33. The second-order valence-corrected chi connectivity index (χ2v) is 7.34. The Morgan fingerprint density at radius 3 is 2.96 bits per heavy atom. The Balaban J connectivity index is 0.00000208. The van der Waals surface area contributed by atoms with E-state index >= 15 is 0 Å². The highest BCUT2D eigenvalue weighted by atomic mass is 127. The standard InChI is InChI=1S/C17H24N4OS.HI/c1-18-17(20-11-12-5-4-10-23-12)19-9-8-14-13-6-2-3-7-15(13)21-16(14)22;/h2-3,6-7,12,14H,4-5,8-11H2,1H3,(H,21,22)(H2,18,19,20);1H. The van der Waals surface area contributed by atoms with Crippen LogP contribution in [-0.2, 0) is 4.79 Å². The number of aliphatic imine (C=N–C) groups is 1. The highest BCUT2D eigenvalue weighted by molar-refractivity contribution is 14.0. The fraction of sp³-hybridized carbons (Fsp3) is 0.529. The van der Waals surface area contributed by atoms with Gasteiger partial charge < -0.3 is 16.0 Å². The number of hydrogen-bond acceptors (Lipinski definition) is 3. The molecule has 1 aromatic carbocycles. The van der Waals surface area contributed by atoms with Crippen molar-refractivity contribution in [3.8, 4) is 0 Å². The number of anilines is 1. The number of rotatable bonds is 5. The van der Waals surface area contributed by atoms with Crippen molar-refractivity contribution in [3.05, 3.63) is 29.8 Å². The first-order chi connectivity index (χ1) is 11.3. The number of benzene rings is 1. The quantitative estimate of drug-likeness (QED) is 0.359. The summed E-state index contributed by atoms with van der Waals surface area (Å²) in [5.41, 5.74) is 2.05. The van der Waals surface area contributed by atoms with Crippen LogP contribution in [0.1, 0.15) is 30.7 Å². The number of para-hydroxylation sites is 1. The van der Waals surface area contributed by atoms with Crippen LogP contribution >= 0.6 is 35.7 Å². The van der Waals surface area contributed by atoms with Gasteiger partial charge in [0.25, 0.3) is 0 Å². The van der Waals surface area contributed by atoms with E-state index in [2.05, 4.69) is 20.9 Å². The molecule has 1 saturated heterocycles. The second-order valence-electron chi connectivity index (χ2n) is 5.93. The van der Waals surface area contributed by atoms with Gasteiger partial charge in [-0.3, -0.25) is 9.79 Å². The van der Waals surface area contributed by atoms with Gasteiger partial charge in [0.05, 0.1) is 5.92 Å². The summed E-state index contributed by atoms with van der Waals surface area (Å²) < 4.78 is 0. The Hall–Kier alpha value is -0.960. The summed E-state index contributed by atoms with van der Waals surface area (Å²) in [6.07, 6.45) is 3.37. The molecule has 0 radical (unpaired) electrons. The molecule has 2 unspecified atom stereocenters. The highest BCUT2D eigenvalue weighted by Gasteiger charge is 2.29. The van der Waals surface area contributed by atoms with Gasteiger partial charge in [0, 0.05) is 31.1 Å². The summed E-state index contributed by atoms with van der Waals surface area (Å²) in [4.78, 5) is 16.3. The lowest BCUT2D eigenvalue weighted by atomic mass is 9.97. The largest absolute Gasteiger partial charge is 0.356 e. The molecule has 1 amide bonds. The van der Waals surface area contributed by atoms with Gasteiger partial charge in [-0.15, -0.1) is 24.0 Å². The first-order valence-electron chi connectivity index (χ1n) is 8.24. The molecule has 1 fully saturated rings. The minimum Gasteiger partial charge on any atom is -0.356 e. The van der Waals surface area contributed by atoms with Crippen molar-refractivity contribution >= 4 is 53.3 Å². The third kappa shape index (κ3) is 4.78. The lowest BCUT2D eigenvalue weighted by Gasteiger charge is -2.16. The van der Waals surface area contributed by atoms with Gasteiger partial charge in [-0.2, -0.15) is 11.8 Å². The molecule has 0 aliphatic carbocycles. The Morgan fingerprint density at radius 1 is 1.38 bits per heavy atom. The third-order valence-corrected chi connectivity index (χ3v) is 5.78. The molecular weight excluding hydrogens is 435 g/mol. The normalized spacial score (nSPS) is 22.5. The van der Waals surface area contributed by atoms with E-state index in [1.807, 2.05) is 36.0 Å². The van der Waals surface area contributed by atoms with Crippen molar-refractivity contribution in [3.63, 3.8) is 0 Å². The predicted octanol–water partition coefficient (Wildman–Crippen LogP) is 2.79. The van der Waals surface area contributed by atoms with Gasteiger partial charge in [0.2, 0.25) is 5.91 Å². The average molecular weight is 460 g/mol. The van der Waals surface area contributed by atoms with E-state index in [0.29, 0.717) is 5.25 Å². The van der Waals surface area contributed by atoms with Gasteiger partial charge in [0.1, 0.15) is 0 Å². The molecule has 1 aromatic rings. The fourth-order valence-electron chi connectivity index (χ4n) is 3.13. The van der Waals surface area contributed by atoms with Crippen LogP contribution in [0.15, 0.2) is 29.3 Å². The molecule has 5 nitrogen and oxygen atoms in total. The molecular formula is C17H25IN4OS. The van der Waals surface area contributed by atoms with Crippen molar-refractivity contribution in [1.29, 1.82) is 0 Å². The van der Waals surface area contributed by atoms with E-state index < -0.39 is 0 Å². The summed E-state index contributed by atoms with van der Waals surface area (Å²) in [7, 11) is 1.79. The SMILES string of the molecule is CN=C(NCCC1C(=O)Nc2ccccc21)NCC1CCCS1.I. The summed E-state index contributed by atoms with van der Waals surface area (Å²) in [5, 5.41) is 10.3. The van der Waals surface area contributed by atoms with Crippen LogP contribution < -0.4 is 16.0 Å². The number of carbonyl (C=O) groups excluding carboxylic acids is 1. The zero-order valence-corrected chi connectivity index (χ0v) is 17.0. The molecule has 0 bridgehead atoms. The molecule has 132 valence electrons. The lowest BCUT2D eigenvalue weighted by molar-refractivity contribution is -0.117. The second kappa shape index (κ2) is 9.50. The third-order valence-electron chi connectivity index (χ3n) is 4.38. The lowest BCUT2D eigenvalue weighted by Crippen LogP contribution is -2.41. The number of carbonyl (C=O) groups is 1. The maximum atomic E-state index is 12.1. The molecule has 0 aromatic heterocycles. The van der Waals surface area contributed by atoms with E-state index in [-0.39, 0.29) is 35.8 Å². The zero-order valence-electron chi connectivity index (χ0n) is 13.9. The van der Waals surface area contributed by atoms with E-state index in [0.717, 1.165) is 36.7 Å². The summed E-state index contributed by atoms with van der Waals surface area (Å²) in [6, 6.07) is 7.93. The summed E-state index contributed by atoms with van der Waals surface area (Å²) in [5.74, 6) is 2.12. The minimum atomic E-state index is -0.0674. The first-order valence-corrected chi connectivity index (χ1v) is 9.28. The van der Waals surface area contributed by atoms with Crippen LogP contribution in [-0.4, -0.2) is 43.0 Å². The van der Waals surface area contributed by atoms with E-state index in [1.165, 1.54) is 18.6 Å². The first kappa shape index (κ1) is 19.4. The molecule has 2 aliphatic rings. The number of guanidine groups is 1. The van der Waals surface area contributed by atoms with Crippen molar-refractivity contribution in [2.75, 3.05) is 31.2 Å². The monoisotopic (exact) mass is 460 g/mol. The molecule has 0 saturated carbocycles. The van der Waals surface area contributed by atoms with Crippen molar-refractivity contribution in [1.82, 2.24) is 10.6 Å². The smallest absolute Gasteiger partial charge is 0.232 e. The van der Waals surface area contributed by atoms with Crippen LogP contribution in [0, 0.1) is 0 Å². The number of nitrogens with zero attached hydrogens (tertiary/aromatic N) is 1. The minimum absolute atomic E-state index is 0. The number of halogens is 1. The zero-order chi connectivity index (χ0) is 16.1. The Kier molecular flexibility index (Phi) is 7.67. The predicted molar refractivity (Wildman–Crippen MR) is 113 cm³/mol. The van der Waals surface area contributed by atoms with Gasteiger partial charge in [-0.1, -0.05) is 18.2 Å². The number of hydrogen-bond donors (Lipinski definition) is 3. The number of amides is 1. The van der Waals surface area contributed by atoms with E-state index in [9.17, 15) is 4.79 Å². The van der Waals surface area contributed by atoms with Crippen molar-refractivity contribution in [2.24, 2.45) is 4.99 Å². The maximum Gasteiger partial charge on any atom is 0.232 e. The van der Waals surface area contributed by atoms with Crippen molar-refractivity contribution in [2.45, 2.75) is 30.4 Å². The average Bonchev–Trinajstić information content (AvgIpc) is 3.18. The maximum absolute atomic E-state index is 12.1. The number of fused-ring (bicyclic) bond motifs is 1. The molecule has 0 spiro atoms. The number of nitrogens with one attached hydrogen (secondary N) is 3. The fourth-order valence-corrected chi connectivity index (χ4v) is 4.33. The van der Waals surface area contributed by atoms with Gasteiger partial charge >= 0.3 is 0 Å². The Morgan fingerprint density at radius 2 is 2.21 bits per heavy atom. The van der Waals surface area contributed by atoms with Crippen LogP contribution in [0.25, 0.3) is 0 Å². The van der Waals surface area contributed by atoms with E-state index in [1.54, 1.807) is 7.05 Å². The van der Waals surface area contributed by atoms with Crippen LogP contribution in [0.3, 0.4) is 0 Å². The van der Waals surface area contributed by atoms with Crippen LogP contribution in [0.2, 0.25) is 0 Å². The molecule has 24 heavy (non-hydrogen) atoms. The number of thioether (sulfide) groups is 1. The summed E-state index contributed by atoms with van der Waals surface area (Å²) >= 11 is 2.03. The Bertz CT molecular complexity index is 590. The molecule has 2 aliphatic heterocycles. The topological polar surface area (TPSA) is 65.5 Å². The van der Waals surface area contributed by atoms with E-state index in [4.69, 9.17) is 0 Å². The van der Waals surface area contributed by atoms with Gasteiger partial charge in [0.15, 0.2) is 5.96 Å². The van der Waals surface area contributed by atoms with Crippen molar-refractivity contribution < 1.29 is 4.79 Å². The molecule has 2 heterocycles. The molecule has 3 N–H and O–H groups in total. The summed E-state index contributed by atoms with van der Waals surface area (Å²) in [6.45, 7) is 1.68. The van der Waals surface area contributed by atoms with Crippen LogP contribution in [0.5, 0.6) is 0 Å². The van der Waals surface area contributed by atoms with Gasteiger partial charge in [-0.25, -0.2) is 0 Å². The molecule has 7 heteroatoms. The van der Waals surface area contributed by atoms with Gasteiger partial charge in [-0.05, 0) is 36.6 Å². The van der Waals surface area contributed by atoms with Crippen LogP contribution in [0.4, 0.5) is 5.69 Å². The molecule has 3 rings (SSSR count). The Labute approximate surface area is 164 Å². The molecule has 2 atom stereocenters.